The number of benzene rings is 3. The summed E-state index contributed by atoms with van der Waals surface area (Å²) in [5.74, 6) is -1.37. The molecule has 3 N–H and O–H groups in total. The van der Waals surface area contributed by atoms with Crippen LogP contribution in [0.15, 0.2) is 77.7 Å². The van der Waals surface area contributed by atoms with Crippen LogP contribution in [0.5, 0.6) is 0 Å². The first-order valence-corrected chi connectivity index (χ1v) is 11.5. The van der Waals surface area contributed by atoms with Crippen LogP contribution in [0.4, 0.5) is 11.4 Å². The van der Waals surface area contributed by atoms with Gasteiger partial charge in [0, 0.05) is 22.7 Å². The number of aromatic carboxylic acids is 1. The van der Waals surface area contributed by atoms with Crippen molar-refractivity contribution < 1.29 is 19.5 Å². The summed E-state index contributed by atoms with van der Waals surface area (Å²) in [5, 5.41) is 14.5. The zero-order valence-electron chi connectivity index (χ0n) is 18.5. The van der Waals surface area contributed by atoms with Gasteiger partial charge in [0.25, 0.3) is 0 Å². The number of rotatable bonds is 9. The molecular formula is C26H26N2O4S. The van der Waals surface area contributed by atoms with E-state index in [0.717, 1.165) is 22.4 Å². The van der Waals surface area contributed by atoms with E-state index in [1.165, 1.54) is 23.9 Å². The van der Waals surface area contributed by atoms with Crippen molar-refractivity contribution >= 4 is 40.9 Å². The second-order valence-corrected chi connectivity index (χ2v) is 8.74. The van der Waals surface area contributed by atoms with E-state index in [-0.39, 0.29) is 17.4 Å². The molecule has 0 aliphatic carbocycles. The zero-order valence-corrected chi connectivity index (χ0v) is 19.3. The SMILES string of the molecule is CCCC(=O)Nc1cccc(SC(C(=O)Nc2cc(C(=O)O)ccc2C)c2ccccc2)c1. The van der Waals surface area contributed by atoms with Gasteiger partial charge in [-0.05, 0) is 54.8 Å². The van der Waals surface area contributed by atoms with Crippen LogP contribution in [0.25, 0.3) is 0 Å². The van der Waals surface area contributed by atoms with Gasteiger partial charge in [0.2, 0.25) is 11.8 Å². The van der Waals surface area contributed by atoms with Crippen molar-refractivity contribution in [2.75, 3.05) is 10.6 Å². The molecule has 3 rings (SSSR count). The molecule has 170 valence electrons. The Morgan fingerprint density at radius 2 is 1.70 bits per heavy atom. The Morgan fingerprint density at radius 3 is 2.39 bits per heavy atom. The number of nitrogens with one attached hydrogen (secondary N) is 2. The minimum Gasteiger partial charge on any atom is -0.478 e. The van der Waals surface area contributed by atoms with Crippen LogP contribution in [0.1, 0.15) is 46.5 Å². The number of hydrogen-bond donors (Lipinski definition) is 3. The highest BCUT2D eigenvalue weighted by Gasteiger charge is 2.23. The molecule has 0 fully saturated rings. The summed E-state index contributed by atoms with van der Waals surface area (Å²) in [6.07, 6.45) is 1.21. The minimum absolute atomic E-state index is 0.0502. The molecule has 3 aromatic carbocycles. The molecule has 7 heteroatoms. The first kappa shape index (κ1) is 24.1. The summed E-state index contributed by atoms with van der Waals surface area (Å²) in [7, 11) is 0. The molecule has 1 atom stereocenters. The molecule has 6 nitrogen and oxygen atoms in total. The van der Waals surface area contributed by atoms with Crippen LogP contribution < -0.4 is 10.6 Å². The molecule has 0 saturated heterocycles. The molecule has 0 bridgehead atoms. The Bertz CT molecular complexity index is 1150. The fraction of sp³-hybridized carbons (Fsp3) is 0.192. The minimum atomic E-state index is -1.05. The Balaban J connectivity index is 1.86. The highest BCUT2D eigenvalue weighted by Crippen LogP contribution is 2.37. The van der Waals surface area contributed by atoms with Crippen molar-refractivity contribution in [3.05, 3.63) is 89.5 Å². The van der Waals surface area contributed by atoms with Gasteiger partial charge < -0.3 is 15.7 Å². The number of hydrogen-bond acceptors (Lipinski definition) is 4. The van der Waals surface area contributed by atoms with E-state index < -0.39 is 11.2 Å². The van der Waals surface area contributed by atoms with Crippen LogP contribution in [0, 0.1) is 6.92 Å². The lowest BCUT2D eigenvalue weighted by Crippen LogP contribution is -2.20. The number of thioether (sulfide) groups is 1. The smallest absolute Gasteiger partial charge is 0.335 e. The van der Waals surface area contributed by atoms with Crippen LogP contribution in [-0.2, 0) is 9.59 Å². The van der Waals surface area contributed by atoms with Crippen molar-refractivity contribution in [3.63, 3.8) is 0 Å². The maximum absolute atomic E-state index is 13.3. The average molecular weight is 463 g/mol. The highest BCUT2D eigenvalue weighted by molar-refractivity contribution is 8.00. The summed E-state index contributed by atoms with van der Waals surface area (Å²) in [6.45, 7) is 3.76. The van der Waals surface area contributed by atoms with Crippen molar-refractivity contribution in [3.8, 4) is 0 Å². The lowest BCUT2D eigenvalue weighted by Gasteiger charge is -2.19. The standard InChI is InChI=1S/C26H26N2O4S/c1-3-8-23(29)27-20-11-7-12-21(16-20)33-24(18-9-5-4-6-10-18)25(30)28-22-15-19(26(31)32)14-13-17(22)2/h4-7,9-16,24H,3,8H2,1-2H3,(H,27,29)(H,28,30)(H,31,32). The molecule has 2 amide bonds. The van der Waals surface area contributed by atoms with Gasteiger partial charge in [0.15, 0.2) is 0 Å². The molecule has 0 spiro atoms. The van der Waals surface area contributed by atoms with Crippen molar-refractivity contribution in [1.82, 2.24) is 0 Å². The van der Waals surface area contributed by atoms with Gasteiger partial charge in [-0.2, -0.15) is 0 Å². The first-order valence-electron chi connectivity index (χ1n) is 10.6. The van der Waals surface area contributed by atoms with E-state index >= 15 is 0 Å². The van der Waals surface area contributed by atoms with Gasteiger partial charge in [-0.3, -0.25) is 9.59 Å². The lowest BCUT2D eigenvalue weighted by atomic mass is 10.1. The molecule has 3 aromatic rings. The van der Waals surface area contributed by atoms with E-state index in [2.05, 4.69) is 10.6 Å². The fourth-order valence-electron chi connectivity index (χ4n) is 3.22. The number of aryl methyl sites for hydroxylation is 1. The first-order chi connectivity index (χ1) is 15.9. The summed E-state index contributed by atoms with van der Waals surface area (Å²) >= 11 is 1.36. The number of carboxylic acids is 1. The Labute approximate surface area is 197 Å². The maximum Gasteiger partial charge on any atom is 0.335 e. The summed E-state index contributed by atoms with van der Waals surface area (Å²) in [4.78, 5) is 37.5. The lowest BCUT2D eigenvalue weighted by molar-refractivity contribution is -0.116. The quantitative estimate of drug-likeness (QED) is 0.344. The number of carbonyl (C=O) groups excluding carboxylic acids is 2. The van der Waals surface area contributed by atoms with Gasteiger partial charge in [-0.25, -0.2) is 4.79 Å². The van der Waals surface area contributed by atoms with Crippen molar-refractivity contribution in [1.29, 1.82) is 0 Å². The van der Waals surface area contributed by atoms with Gasteiger partial charge in [0.1, 0.15) is 5.25 Å². The van der Waals surface area contributed by atoms with Crippen molar-refractivity contribution in [2.45, 2.75) is 36.8 Å². The van der Waals surface area contributed by atoms with E-state index in [9.17, 15) is 19.5 Å². The fourth-order valence-corrected chi connectivity index (χ4v) is 4.31. The second-order valence-electron chi connectivity index (χ2n) is 7.56. The number of amides is 2. The van der Waals surface area contributed by atoms with E-state index in [1.807, 2.05) is 68.4 Å². The predicted octanol–water partition coefficient (Wildman–Crippen LogP) is 5.90. The van der Waals surface area contributed by atoms with E-state index in [1.54, 1.807) is 6.07 Å². The number of anilines is 2. The van der Waals surface area contributed by atoms with Crippen LogP contribution >= 0.6 is 11.8 Å². The molecule has 0 saturated carbocycles. The van der Waals surface area contributed by atoms with Gasteiger partial charge in [-0.15, -0.1) is 11.8 Å². The zero-order chi connectivity index (χ0) is 23.8. The van der Waals surface area contributed by atoms with Crippen LogP contribution in [0.3, 0.4) is 0 Å². The Morgan fingerprint density at radius 1 is 0.939 bits per heavy atom. The molecule has 1 unspecified atom stereocenters. The molecule has 0 aliphatic heterocycles. The summed E-state index contributed by atoms with van der Waals surface area (Å²) in [6, 6.07) is 21.4. The Kier molecular flexibility index (Phi) is 8.27. The summed E-state index contributed by atoms with van der Waals surface area (Å²) in [5.41, 5.74) is 2.83. The third-order valence-electron chi connectivity index (χ3n) is 4.93. The normalized spacial score (nSPS) is 11.5. The molecular weight excluding hydrogens is 436 g/mol. The number of carbonyl (C=O) groups is 3. The second kappa shape index (κ2) is 11.3. The van der Waals surface area contributed by atoms with Crippen LogP contribution in [0.2, 0.25) is 0 Å². The Hall–Kier alpha value is -3.58. The van der Waals surface area contributed by atoms with Crippen LogP contribution in [-0.4, -0.2) is 22.9 Å². The average Bonchev–Trinajstić information content (AvgIpc) is 2.79. The molecule has 33 heavy (non-hydrogen) atoms. The van der Waals surface area contributed by atoms with E-state index in [0.29, 0.717) is 17.8 Å². The molecule has 0 aliphatic rings. The van der Waals surface area contributed by atoms with Gasteiger partial charge in [-0.1, -0.05) is 49.4 Å². The molecule has 0 heterocycles. The largest absolute Gasteiger partial charge is 0.478 e. The highest BCUT2D eigenvalue weighted by atomic mass is 32.2. The number of carboxylic acid groups (broad SMARTS) is 1. The van der Waals surface area contributed by atoms with Gasteiger partial charge >= 0.3 is 5.97 Å². The molecule has 0 aromatic heterocycles. The molecule has 0 radical (unpaired) electrons. The topological polar surface area (TPSA) is 95.5 Å². The summed E-state index contributed by atoms with van der Waals surface area (Å²) < 4.78 is 0. The van der Waals surface area contributed by atoms with E-state index in [4.69, 9.17) is 0 Å². The third kappa shape index (κ3) is 6.70. The van der Waals surface area contributed by atoms with Gasteiger partial charge in [0.05, 0.1) is 5.56 Å². The van der Waals surface area contributed by atoms with Crippen molar-refractivity contribution in [2.24, 2.45) is 0 Å². The third-order valence-corrected chi connectivity index (χ3v) is 6.18. The maximum atomic E-state index is 13.3. The predicted molar refractivity (Wildman–Crippen MR) is 132 cm³/mol. The monoisotopic (exact) mass is 462 g/mol.